The van der Waals surface area contributed by atoms with Gasteiger partial charge in [0.2, 0.25) is 0 Å². The SMILES string of the molecule is CC(C)Oc1cc2nc(C3CC3)cn2cc1C(=O)O. The van der Waals surface area contributed by atoms with Gasteiger partial charge in [0.1, 0.15) is 17.0 Å². The smallest absolute Gasteiger partial charge is 0.341 e. The van der Waals surface area contributed by atoms with Gasteiger partial charge in [-0.1, -0.05) is 0 Å². The summed E-state index contributed by atoms with van der Waals surface area (Å²) in [4.78, 5) is 15.8. The molecule has 0 unspecified atom stereocenters. The molecule has 0 aliphatic heterocycles. The summed E-state index contributed by atoms with van der Waals surface area (Å²) in [5.41, 5.74) is 1.95. The molecule has 0 atom stereocenters. The quantitative estimate of drug-likeness (QED) is 0.918. The van der Waals surface area contributed by atoms with E-state index in [2.05, 4.69) is 4.98 Å². The zero-order valence-corrected chi connectivity index (χ0v) is 11.0. The molecule has 2 aromatic rings. The molecule has 2 aromatic heterocycles. The number of carbonyl (C=O) groups is 1. The first-order chi connectivity index (χ1) is 9.04. The molecule has 100 valence electrons. The van der Waals surface area contributed by atoms with Gasteiger partial charge in [-0.05, 0) is 26.7 Å². The Morgan fingerprint density at radius 3 is 2.79 bits per heavy atom. The van der Waals surface area contributed by atoms with E-state index in [1.807, 2.05) is 20.0 Å². The third-order valence-electron chi connectivity index (χ3n) is 3.16. The Hall–Kier alpha value is -2.04. The number of carboxylic acids is 1. The number of rotatable bonds is 4. The Labute approximate surface area is 110 Å². The lowest BCUT2D eigenvalue weighted by molar-refractivity contribution is 0.0690. The van der Waals surface area contributed by atoms with E-state index in [1.165, 1.54) is 12.8 Å². The molecule has 0 amide bonds. The summed E-state index contributed by atoms with van der Waals surface area (Å²) in [6, 6.07) is 1.70. The zero-order valence-electron chi connectivity index (χ0n) is 11.0. The second-order valence-corrected chi connectivity index (χ2v) is 5.23. The van der Waals surface area contributed by atoms with Gasteiger partial charge in [0.25, 0.3) is 0 Å². The summed E-state index contributed by atoms with van der Waals surface area (Å²) in [5.74, 6) is -0.0650. The number of carboxylic acid groups (broad SMARTS) is 1. The second kappa shape index (κ2) is 4.26. The van der Waals surface area contributed by atoms with Crippen LogP contribution in [0.3, 0.4) is 0 Å². The van der Waals surface area contributed by atoms with Crippen LogP contribution >= 0.6 is 0 Å². The minimum absolute atomic E-state index is 0.0709. The Bertz CT molecular complexity index is 641. The summed E-state index contributed by atoms with van der Waals surface area (Å²) < 4.78 is 7.33. The molecule has 5 nitrogen and oxygen atoms in total. The molecule has 0 radical (unpaired) electrons. The van der Waals surface area contributed by atoms with Gasteiger partial charge in [0.05, 0.1) is 11.8 Å². The maximum absolute atomic E-state index is 11.3. The number of aromatic nitrogens is 2. The molecule has 0 aromatic carbocycles. The lowest BCUT2D eigenvalue weighted by Crippen LogP contribution is -2.10. The Kier molecular flexibility index (Phi) is 2.69. The van der Waals surface area contributed by atoms with Crippen molar-refractivity contribution in [1.29, 1.82) is 0 Å². The van der Waals surface area contributed by atoms with Crippen molar-refractivity contribution in [1.82, 2.24) is 9.38 Å². The molecule has 2 heterocycles. The van der Waals surface area contributed by atoms with E-state index in [1.54, 1.807) is 16.7 Å². The molecule has 0 spiro atoms. The lowest BCUT2D eigenvalue weighted by atomic mass is 10.2. The number of fused-ring (bicyclic) bond motifs is 1. The van der Waals surface area contributed by atoms with Gasteiger partial charge >= 0.3 is 5.97 Å². The highest BCUT2D eigenvalue weighted by Gasteiger charge is 2.26. The average Bonchev–Trinajstić information content (AvgIpc) is 3.08. The first-order valence-electron chi connectivity index (χ1n) is 6.47. The highest BCUT2D eigenvalue weighted by molar-refractivity contribution is 5.91. The minimum atomic E-state index is -0.987. The van der Waals surface area contributed by atoms with Crippen LogP contribution in [0.1, 0.15) is 48.7 Å². The van der Waals surface area contributed by atoms with E-state index in [9.17, 15) is 9.90 Å². The van der Waals surface area contributed by atoms with Crippen molar-refractivity contribution in [3.8, 4) is 5.75 Å². The number of imidazole rings is 1. The first kappa shape index (κ1) is 12.0. The fourth-order valence-corrected chi connectivity index (χ4v) is 2.12. The normalized spacial score (nSPS) is 15.1. The van der Waals surface area contributed by atoms with Gasteiger partial charge in [-0.3, -0.25) is 0 Å². The second-order valence-electron chi connectivity index (χ2n) is 5.23. The largest absolute Gasteiger partial charge is 0.490 e. The van der Waals surface area contributed by atoms with E-state index in [0.29, 0.717) is 11.7 Å². The third kappa shape index (κ3) is 2.28. The van der Waals surface area contributed by atoms with Crippen LogP contribution in [0.4, 0.5) is 0 Å². The highest BCUT2D eigenvalue weighted by atomic mass is 16.5. The predicted octanol–water partition coefficient (Wildman–Crippen LogP) is 2.70. The number of hydrogen-bond acceptors (Lipinski definition) is 3. The van der Waals surface area contributed by atoms with Crippen molar-refractivity contribution in [2.75, 3.05) is 0 Å². The van der Waals surface area contributed by atoms with E-state index < -0.39 is 5.97 Å². The van der Waals surface area contributed by atoms with Crippen molar-refractivity contribution in [3.63, 3.8) is 0 Å². The molecule has 3 rings (SSSR count). The van der Waals surface area contributed by atoms with Gasteiger partial charge < -0.3 is 14.2 Å². The van der Waals surface area contributed by atoms with Crippen LogP contribution in [-0.4, -0.2) is 26.6 Å². The maximum Gasteiger partial charge on any atom is 0.341 e. The summed E-state index contributed by atoms with van der Waals surface area (Å²) >= 11 is 0. The van der Waals surface area contributed by atoms with Crippen molar-refractivity contribution in [2.24, 2.45) is 0 Å². The van der Waals surface area contributed by atoms with E-state index in [0.717, 1.165) is 11.3 Å². The van der Waals surface area contributed by atoms with Crippen LogP contribution < -0.4 is 4.74 Å². The van der Waals surface area contributed by atoms with Crippen LogP contribution in [-0.2, 0) is 0 Å². The van der Waals surface area contributed by atoms with Crippen LogP contribution in [0.25, 0.3) is 5.65 Å². The minimum Gasteiger partial charge on any atom is -0.490 e. The molecule has 0 saturated heterocycles. The lowest BCUT2D eigenvalue weighted by Gasteiger charge is -2.12. The molecular formula is C14H16N2O3. The molecule has 5 heteroatoms. The van der Waals surface area contributed by atoms with Crippen LogP contribution in [0, 0.1) is 0 Å². The van der Waals surface area contributed by atoms with Crippen molar-refractivity contribution in [3.05, 3.63) is 29.7 Å². The van der Waals surface area contributed by atoms with Crippen LogP contribution in [0.2, 0.25) is 0 Å². The number of ether oxygens (including phenoxy) is 1. The average molecular weight is 260 g/mol. The van der Waals surface area contributed by atoms with E-state index >= 15 is 0 Å². The number of aromatic carboxylic acids is 1. The standard InChI is InChI=1S/C14H16N2O3/c1-8(2)19-12-5-13-15-11(9-3-4-9)7-16(13)6-10(12)14(17)18/h5-9H,3-4H2,1-2H3,(H,17,18). The van der Waals surface area contributed by atoms with Gasteiger partial charge in [-0.25, -0.2) is 9.78 Å². The topological polar surface area (TPSA) is 63.8 Å². The van der Waals surface area contributed by atoms with Gasteiger partial charge in [0, 0.05) is 24.4 Å². The van der Waals surface area contributed by atoms with Crippen LogP contribution in [0.15, 0.2) is 18.5 Å². The molecule has 1 fully saturated rings. The van der Waals surface area contributed by atoms with Gasteiger partial charge in [0.15, 0.2) is 0 Å². The maximum atomic E-state index is 11.3. The molecular weight excluding hydrogens is 244 g/mol. The number of hydrogen-bond donors (Lipinski definition) is 1. The molecule has 1 aliphatic rings. The summed E-state index contributed by atoms with van der Waals surface area (Å²) in [6.45, 7) is 3.74. The fraction of sp³-hybridized carbons (Fsp3) is 0.429. The Morgan fingerprint density at radius 1 is 1.47 bits per heavy atom. The molecule has 1 saturated carbocycles. The Morgan fingerprint density at radius 2 is 2.21 bits per heavy atom. The van der Waals surface area contributed by atoms with Crippen LogP contribution in [0.5, 0.6) is 5.75 Å². The summed E-state index contributed by atoms with van der Waals surface area (Å²) in [7, 11) is 0. The van der Waals surface area contributed by atoms with E-state index in [4.69, 9.17) is 4.74 Å². The van der Waals surface area contributed by atoms with Crippen molar-refractivity contribution in [2.45, 2.75) is 38.7 Å². The molecule has 19 heavy (non-hydrogen) atoms. The van der Waals surface area contributed by atoms with E-state index in [-0.39, 0.29) is 11.7 Å². The predicted molar refractivity (Wildman–Crippen MR) is 69.9 cm³/mol. The first-order valence-corrected chi connectivity index (χ1v) is 6.47. The third-order valence-corrected chi connectivity index (χ3v) is 3.16. The molecule has 1 aliphatic carbocycles. The van der Waals surface area contributed by atoms with Crippen molar-refractivity contribution >= 4 is 11.6 Å². The molecule has 0 bridgehead atoms. The zero-order chi connectivity index (χ0) is 13.6. The van der Waals surface area contributed by atoms with Crippen molar-refractivity contribution < 1.29 is 14.6 Å². The fourth-order valence-electron chi connectivity index (χ4n) is 2.12. The summed E-state index contributed by atoms with van der Waals surface area (Å²) in [5, 5.41) is 9.25. The Balaban J connectivity index is 2.10. The van der Waals surface area contributed by atoms with Gasteiger partial charge in [-0.15, -0.1) is 0 Å². The molecule has 1 N–H and O–H groups in total. The monoisotopic (exact) mass is 260 g/mol. The number of nitrogens with zero attached hydrogens (tertiary/aromatic N) is 2. The number of pyridine rings is 1. The highest BCUT2D eigenvalue weighted by Crippen LogP contribution is 2.39. The summed E-state index contributed by atoms with van der Waals surface area (Å²) in [6.07, 6.45) is 5.77. The van der Waals surface area contributed by atoms with Gasteiger partial charge in [-0.2, -0.15) is 0 Å².